The van der Waals surface area contributed by atoms with Crippen molar-refractivity contribution in [2.75, 3.05) is 7.05 Å². The normalized spacial score (nSPS) is 42.9. The van der Waals surface area contributed by atoms with Crippen LogP contribution in [0.4, 0.5) is 0 Å². The number of hydrogen-bond donors (Lipinski definition) is 2. The third kappa shape index (κ3) is 1.05. The van der Waals surface area contributed by atoms with Crippen LogP contribution in [-0.4, -0.2) is 57.3 Å². The van der Waals surface area contributed by atoms with Crippen molar-refractivity contribution in [1.82, 2.24) is 10.2 Å². The van der Waals surface area contributed by atoms with Gasteiger partial charge in [0.1, 0.15) is 11.4 Å². The molecule has 0 radical (unpaired) electrons. The second-order valence-electron chi connectivity index (χ2n) is 4.17. The van der Waals surface area contributed by atoms with Crippen LogP contribution in [0.5, 0.6) is 0 Å². The maximum Gasteiger partial charge on any atom is 0.371 e. The molecule has 3 rings (SSSR count). The second kappa shape index (κ2) is 3.14. The predicted molar refractivity (Wildman–Crippen MR) is 55.9 cm³/mol. The van der Waals surface area contributed by atoms with Gasteiger partial charge in [0.2, 0.25) is 5.91 Å². The molecule has 17 heavy (non-hydrogen) atoms. The van der Waals surface area contributed by atoms with Crippen LogP contribution in [0.3, 0.4) is 0 Å². The molecule has 3 saturated heterocycles. The van der Waals surface area contributed by atoms with Gasteiger partial charge in [0.05, 0.1) is 11.7 Å². The fourth-order valence-electron chi connectivity index (χ4n) is 2.59. The Kier molecular flexibility index (Phi) is 2.00. The van der Waals surface area contributed by atoms with Crippen molar-refractivity contribution in [2.24, 2.45) is 0 Å². The largest absolute Gasteiger partial charge is 0.477 e. The number of hydrogen-bond acceptors (Lipinski definition) is 6. The van der Waals surface area contributed by atoms with E-state index in [-0.39, 0.29) is 23.7 Å². The number of carbonyl (C=O) groups is 3. The number of β-lactam (4-membered cyclic amide) rings is 1. The maximum atomic E-state index is 11.8. The van der Waals surface area contributed by atoms with E-state index in [0.29, 0.717) is 0 Å². The van der Waals surface area contributed by atoms with Gasteiger partial charge in [0.25, 0.3) is 5.72 Å². The molecule has 2 N–H and O–H groups in total. The lowest BCUT2D eigenvalue weighted by atomic mass is 9.99. The van der Waals surface area contributed by atoms with Gasteiger partial charge in [-0.2, -0.15) is 0 Å². The number of amides is 1. The summed E-state index contributed by atoms with van der Waals surface area (Å²) in [5.41, 5.74) is -1.78. The Morgan fingerprint density at radius 1 is 1.65 bits per heavy atom. The number of fused-ring (bicyclic) bond motifs is 3. The molecule has 7 nitrogen and oxygen atoms in total. The number of nitrogens with one attached hydrogen (secondary N) is 1. The number of carboxylic acid groups (broad SMARTS) is 1. The van der Waals surface area contributed by atoms with Crippen molar-refractivity contribution in [1.29, 1.82) is 0 Å². The fraction of sp³-hybridized carbons (Fsp3) is 0.667. The molecule has 3 aliphatic rings. The van der Waals surface area contributed by atoms with E-state index < -0.39 is 22.9 Å². The quantitative estimate of drug-likeness (QED) is 0.464. The topological polar surface area (TPSA) is 95.9 Å². The minimum atomic E-state index is -1.78. The number of rotatable bonds is 2. The first kappa shape index (κ1) is 10.8. The van der Waals surface area contributed by atoms with E-state index in [1.54, 1.807) is 7.05 Å². The van der Waals surface area contributed by atoms with E-state index in [1.165, 1.54) is 16.7 Å². The van der Waals surface area contributed by atoms with E-state index in [9.17, 15) is 19.5 Å². The van der Waals surface area contributed by atoms with Crippen LogP contribution >= 0.6 is 11.8 Å². The Bertz CT molecular complexity index is 441. The van der Waals surface area contributed by atoms with Crippen LogP contribution in [-0.2, 0) is 19.1 Å². The zero-order chi connectivity index (χ0) is 12.4. The molecule has 0 bridgehead atoms. The van der Waals surface area contributed by atoms with Gasteiger partial charge in [-0.3, -0.25) is 14.5 Å². The van der Waals surface area contributed by atoms with Crippen LogP contribution in [0.1, 0.15) is 6.42 Å². The van der Waals surface area contributed by atoms with Gasteiger partial charge in [0.15, 0.2) is 0 Å². The Morgan fingerprint density at radius 2 is 2.35 bits per heavy atom. The highest BCUT2D eigenvalue weighted by Gasteiger charge is 2.74. The van der Waals surface area contributed by atoms with Crippen LogP contribution in [0.2, 0.25) is 0 Å². The molecule has 0 aliphatic carbocycles. The Hall–Kier alpha value is -1.28. The van der Waals surface area contributed by atoms with Crippen LogP contribution in [0, 0.1) is 0 Å². The highest BCUT2D eigenvalue weighted by molar-refractivity contribution is 8.01. The Balaban J connectivity index is 2.01. The van der Waals surface area contributed by atoms with Crippen LogP contribution in [0.15, 0.2) is 0 Å². The number of thioether (sulfide) groups is 1. The molecule has 0 aromatic heterocycles. The molecular formula is C9H10N2O5S. The van der Waals surface area contributed by atoms with E-state index in [1.807, 2.05) is 0 Å². The highest BCUT2D eigenvalue weighted by Crippen LogP contribution is 2.54. The summed E-state index contributed by atoms with van der Waals surface area (Å²) in [5.74, 6) is -2.17. The zero-order valence-corrected chi connectivity index (χ0v) is 9.69. The monoisotopic (exact) mass is 258 g/mol. The van der Waals surface area contributed by atoms with E-state index in [2.05, 4.69) is 5.32 Å². The summed E-state index contributed by atoms with van der Waals surface area (Å²) >= 11 is 1.31. The first-order valence-electron chi connectivity index (χ1n) is 5.13. The standard InChI is InChI=1S/C9H10N2O5S/c1-10-5-6(13)11-7(5)17-3-2-4(12)16-9(3,11)8(14)15/h3,5,7,10H,2H2,1H3,(H,14,15). The molecule has 0 saturated carbocycles. The number of esters is 1. The van der Waals surface area contributed by atoms with E-state index in [4.69, 9.17) is 4.74 Å². The zero-order valence-electron chi connectivity index (χ0n) is 8.87. The van der Waals surface area contributed by atoms with Gasteiger partial charge < -0.3 is 15.2 Å². The van der Waals surface area contributed by atoms with Gasteiger partial charge in [-0.05, 0) is 7.05 Å². The molecule has 0 aromatic rings. The summed E-state index contributed by atoms with van der Waals surface area (Å²) in [4.78, 5) is 35.6. The van der Waals surface area contributed by atoms with Crippen molar-refractivity contribution >= 4 is 29.6 Å². The lowest BCUT2D eigenvalue weighted by Gasteiger charge is -2.46. The minimum Gasteiger partial charge on any atom is -0.477 e. The number of nitrogens with zero attached hydrogens (tertiary/aromatic N) is 1. The van der Waals surface area contributed by atoms with Gasteiger partial charge in [-0.25, -0.2) is 4.79 Å². The third-order valence-corrected chi connectivity index (χ3v) is 4.96. The van der Waals surface area contributed by atoms with Gasteiger partial charge in [0, 0.05) is 0 Å². The number of carboxylic acids is 1. The summed E-state index contributed by atoms with van der Waals surface area (Å²) in [5, 5.41) is 11.3. The molecule has 3 heterocycles. The Labute approximate surface area is 100 Å². The summed E-state index contributed by atoms with van der Waals surface area (Å²) < 4.78 is 4.95. The Morgan fingerprint density at radius 3 is 2.94 bits per heavy atom. The van der Waals surface area contributed by atoms with Crippen molar-refractivity contribution in [2.45, 2.75) is 28.8 Å². The van der Waals surface area contributed by atoms with Crippen molar-refractivity contribution in [3.8, 4) is 0 Å². The highest BCUT2D eigenvalue weighted by atomic mass is 32.2. The van der Waals surface area contributed by atoms with E-state index >= 15 is 0 Å². The van der Waals surface area contributed by atoms with Gasteiger partial charge in [-0.15, -0.1) is 11.8 Å². The third-order valence-electron chi connectivity index (χ3n) is 3.38. The maximum absolute atomic E-state index is 11.8. The van der Waals surface area contributed by atoms with Crippen molar-refractivity contribution < 1.29 is 24.2 Å². The van der Waals surface area contributed by atoms with Crippen molar-refractivity contribution in [3.63, 3.8) is 0 Å². The summed E-state index contributed by atoms with van der Waals surface area (Å²) in [6.07, 6.45) is 0.0354. The molecule has 1 amide bonds. The lowest BCUT2D eigenvalue weighted by Crippen LogP contribution is -2.73. The number of carbonyl (C=O) groups excluding carboxylic acids is 2. The van der Waals surface area contributed by atoms with E-state index in [0.717, 1.165) is 0 Å². The summed E-state index contributed by atoms with van der Waals surface area (Å²) in [6.45, 7) is 0. The number of ether oxygens (including phenoxy) is 1. The van der Waals surface area contributed by atoms with Crippen LogP contribution in [0.25, 0.3) is 0 Å². The van der Waals surface area contributed by atoms with Crippen LogP contribution < -0.4 is 5.32 Å². The molecule has 0 aromatic carbocycles. The lowest BCUT2D eigenvalue weighted by molar-refractivity contribution is -0.203. The average Bonchev–Trinajstić information content (AvgIpc) is 2.68. The number of likely N-dealkylation sites (N-methyl/N-ethyl adjacent to an activating group) is 1. The molecule has 8 heteroatoms. The van der Waals surface area contributed by atoms with Crippen molar-refractivity contribution in [3.05, 3.63) is 0 Å². The molecule has 0 spiro atoms. The molecule has 3 fully saturated rings. The minimum absolute atomic E-state index is 0.0354. The predicted octanol–water partition coefficient (Wildman–Crippen LogP) is -1.41. The molecule has 4 unspecified atom stereocenters. The smallest absolute Gasteiger partial charge is 0.371 e. The molecule has 3 aliphatic heterocycles. The molecule has 92 valence electrons. The first-order chi connectivity index (χ1) is 8.02. The fourth-order valence-corrected chi connectivity index (χ4v) is 4.40. The first-order valence-corrected chi connectivity index (χ1v) is 6.08. The second-order valence-corrected chi connectivity index (χ2v) is 5.49. The molecular weight excluding hydrogens is 248 g/mol. The SMILES string of the molecule is CNC1C(=O)N2C1SC1CC(=O)OC12C(=O)O. The average molecular weight is 258 g/mol. The summed E-state index contributed by atoms with van der Waals surface area (Å²) in [7, 11) is 1.65. The molecule has 4 atom stereocenters. The van der Waals surface area contributed by atoms with Gasteiger partial charge >= 0.3 is 11.9 Å². The van der Waals surface area contributed by atoms with Gasteiger partial charge in [-0.1, -0.05) is 0 Å². The number of aliphatic carboxylic acids is 1. The summed E-state index contributed by atoms with van der Waals surface area (Å²) in [6, 6.07) is -0.388.